The minimum atomic E-state index is -4.37. The highest BCUT2D eigenvalue weighted by atomic mass is 19.4. The normalized spacial score (nSPS) is 16.2. The Morgan fingerprint density at radius 1 is 1.04 bits per heavy atom. The van der Waals surface area contributed by atoms with Crippen LogP contribution < -0.4 is 4.90 Å². The molecule has 0 aliphatic carbocycles. The Morgan fingerprint density at radius 2 is 1.80 bits per heavy atom. The topological polar surface area (TPSA) is 19.4 Å². The van der Waals surface area contributed by atoms with E-state index in [0.717, 1.165) is 32.1 Å². The van der Waals surface area contributed by atoms with Gasteiger partial charge in [-0.2, -0.15) is 13.2 Å². The molecule has 0 saturated carbocycles. The molecule has 1 aliphatic heterocycles. The van der Waals surface area contributed by atoms with E-state index in [1.54, 1.807) is 4.90 Å². The molecule has 0 bridgehead atoms. The third kappa shape index (κ3) is 4.51. The fourth-order valence-corrected chi connectivity index (χ4v) is 3.21. The number of aromatic nitrogens is 1. The minimum absolute atomic E-state index is 0.0494. The van der Waals surface area contributed by atoms with Crippen molar-refractivity contribution in [2.75, 3.05) is 37.6 Å². The lowest BCUT2D eigenvalue weighted by Crippen LogP contribution is -2.47. The molecule has 3 rings (SSSR count). The van der Waals surface area contributed by atoms with Crippen LogP contribution in [0.1, 0.15) is 16.7 Å². The summed E-state index contributed by atoms with van der Waals surface area (Å²) in [5.41, 5.74) is 1.90. The van der Waals surface area contributed by atoms with Crippen molar-refractivity contribution >= 4 is 5.82 Å². The molecular weight excluding hydrogens is 327 g/mol. The molecule has 0 unspecified atom stereocenters. The van der Waals surface area contributed by atoms with Crippen LogP contribution in [0, 0.1) is 6.92 Å². The summed E-state index contributed by atoms with van der Waals surface area (Å²) >= 11 is 0. The lowest BCUT2D eigenvalue weighted by molar-refractivity contribution is -0.137. The van der Waals surface area contributed by atoms with Crippen LogP contribution in [0.15, 0.2) is 42.6 Å². The molecule has 3 nitrogen and oxygen atoms in total. The highest BCUT2D eigenvalue weighted by Crippen LogP contribution is 2.35. The number of piperazine rings is 1. The van der Waals surface area contributed by atoms with Crippen molar-refractivity contribution in [2.24, 2.45) is 0 Å². The number of benzene rings is 1. The maximum atomic E-state index is 13.1. The van der Waals surface area contributed by atoms with E-state index in [4.69, 9.17) is 0 Å². The summed E-state index contributed by atoms with van der Waals surface area (Å²) in [5.74, 6) is 0.0494. The highest BCUT2D eigenvalue weighted by molar-refractivity contribution is 5.48. The van der Waals surface area contributed by atoms with Gasteiger partial charge in [0.15, 0.2) is 0 Å². The van der Waals surface area contributed by atoms with Crippen LogP contribution in [0.4, 0.5) is 19.0 Å². The largest absolute Gasteiger partial charge is 0.419 e. The number of anilines is 1. The Kier molecular flexibility index (Phi) is 5.27. The molecule has 0 atom stereocenters. The van der Waals surface area contributed by atoms with Crippen LogP contribution in [-0.2, 0) is 12.6 Å². The molecule has 0 radical (unpaired) electrons. The molecule has 1 aliphatic rings. The molecule has 1 aromatic carbocycles. The van der Waals surface area contributed by atoms with Crippen LogP contribution >= 0.6 is 0 Å². The first-order valence-electron chi connectivity index (χ1n) is 8.48. The van der Waals surface area contributed by atoms with Crippen molar-refractivity contribution in [3.63, 3.8) is 0 Å². The van der Waals surface area contributed by atoms with Crippen molar-refractivity contribution in [3.05, 3.63) is 59.3 Å². The zero-order chi connectivity index (χ0) is 17.9. The van der Waals surface area contributed by atoms with Crippen molar-refractivity contribution in [1.29, 1.82) is 0 Å². The fourth-order valence-electron chi connectivity index (χ4n) is 3.21. The SMILES string of the molecule is Cc1cccc(CCN2CCN(c3ncccc3C(F)(F)F)CC2)c1. The smallest absolute Gasteiger partial charge is 0.354 e. The van der Waals surface area contributed by atoms with Gasteiger partial charge >= 0.3 is 6.18 Å². The zero-order valence-corrected chi connectivity index (χ0v) is 14.3. The Bertz CT molecular complexity index is 707. The van der Waals surface area contributed by atoms with Gasteiger partial charge in [-0.1, -0.05) is 29.8 Å². The summed E-state index contributed by atoms with van der Waals surface area (Å²) in [6, 6.07) is 10.9. The van der Waals surface area contributed by atoms with E-state index >= 15 is 0 Å². The van der Waals surface area contributed by atoms with Crippen molar-refractivity contribution < 1.29 is 13.2 Å². The second-order valence-corrected chi connectivity index (χ2v) is 6.44. The van der Waals surface area contributed by atoms with Gasteiger partial charge in [-0.25, -0.2) is 4.98 Å². The Labute approximate surface area is 146 Å². The molecule has 25 heavy (non-hydrogen) atoms. The lowest BCUT2D eigenvalue weighted by atomic mass is 10.1. The molecule has 2 aromatic rings. The number of hydrogen-bond donors (Lipinski definition) is 0. The number of rotatable bonds is 4. The summed E-state index contributed by atoms with van der Waals surface area (Å²) in [7, 11) is 0. The van der Waals surface area contributed by atoms with E-state index < -0.39 is 11.7 Å². The van der Waals surface area contributed by atoms with E-state index in [2.05, 4.69) is 41.1 Å². The Balaban J connectivity index is 1.57. The quantitative estimate of drug-likeness (QED) is 0.838. The van der Waals surface area contributed by atoms with E-state index in [0.29, 0.717) is 13.1 Å². The molecule has 0 amide bonds. The summed E-state index contributed by atoms with van der Waals surface area (Å²) in [5, 5.41) is 0. The third-order valence-electron chi connectivity index (χ3n) is 4.56. The van der Waals surface area contributed by atoms with Gasteiger partial charge in [-0.15, -0.1) is 0 Å². The first-order valence-corrected chi connectivity index (χ1v) is 8.48. The second kappa shape index (κ2) is 7.44. The Morgan fingerprint density at radius 3 is 2.48 bits per heavy atom. The van der Waals surface area contributed by atoms with E-state index in [9.17, 15) is 13.2 Å². The van der Waals surface area contributed by atoms with Crippen molar-refractivity contribution in [1.82, 2.24) is 9.88 Å². The molecule has 2 heterocycles. The zero-order valence-electron chi connectivity index (χ0n) is 14.3. The molecule has 134 valence electrons. The average molecular weight is 349 g/mol. The third-order valence-corrected chi connectivity index (χ3v) is 4.56. The molecule has 0 N–H and O–H groups in total. The van der Waals surface area contributed by atoms with Gasteiger partial charge in [-0.3, -0.25) is 4.90 Å². The van der Waals surface area contributed by atoms with E-state index in [1.807, 2.05) is 0 Å². The van der Waals surface area contributed by atoms with E-state index in [1.165, 1.54) is 23.4 Å². The number of pyridine rings is 1. The summed E-state index contributed by atoms with van der Waals surface area (Å²) in [6.07, 6.45) is -1.99. The minimum Gasteiger partial charge on any atom is -0.354 e. The maximum absolute atomic E-state index is 13.1. The molecule has 0 spiro atoms. The molecule has 1 aromatic heterocycles. The maximum Gasteiger partial charge on any atom is 0.419 e. The Hall–Kier alpha value is -2.08. The number of hydrogen-bond acceptors (Lipinski definition) is 3. The van der Waals surface area contributed by atoms with Crippen LogP contribution in [0.2, 0.25) is 0 Å². The average Bonchev–Trinajstić information content (AvgIpc) is 2.60. The van der Waals surface area contributed by atoms with Gasteiger partial charge in [-0.05, 0) is 31.0 Å². The van der Waals surface area contributed by atoms with Gasteiger partial charge < -0.3 is 4.90 Å². The van der Waals surface area contributed by atoms with Crippen LogP contribution in [0.3, 0.4) is 0 Å². The van der Waals surface area contributed by atoms with Gasteiger partial charge in [0.2, 0.25) is 0 Å². The lowest BCUT2D eigenvalue weighted by Gasteiger charge is -2.36. The number of halogens is 3. The number of nitrogens with zero attached hydrogens (tertiary/aromatic N) is 3. The van der Waals surface area contributed by atoms with Crippen molar-refractivity contribution in [3.8, 4) is 0 Å². The predicted octanol–water partition coefficient (Wildman–Crippen LogP) is 3.77. The van der Waals surface area contributed by atoms with E-state index in [-0.39, 0.29) is 5.82 Å². The number of aryl methyl sites for hydroxylation is 1. The standard InChI is InChI=1S/C19H22F3N3/c1-15-4-2-5-16(14-15)7-9-24-10-12-25(13-11-24)18-17(19(20,21)22)6-3-8-23-18/h2-6,8,14H,7,9-13H2,1H3. The summed E-state index contributed by atoms with van der Waals surface area (Å²) in [6.45, 7) is 5.63. The van der Waals surface area contributed by atoms with Crippen LogP contribution in [0.5, 0.6) is 0 Å². The first-order chi connectivity index (χ1) is 11.9. The second-order valence-electron chi connectivity index (χ2n) is 6.44. The monoisotopic (exact) mass is 349 g/mol. The van der Waals surface area contributed by atoms with Gasteiger partial charge in [0, 0.05) is 38.9 Å². The summed E-state index contributed by atoms with van der Waals surface area (Å²) in [4.78, 5) is 8.03. The first kappa shape index (κ1) is 17.7. The molecule has 1 saturated heterocycles. The number of alkyl halides is 3. The van der Waals surface area contributed by atoms with Crippen LogP contribution in [-0.4, -0.2) is 42.6 Å². The molecule has 1 fully saturated rings. The highest BCUT2D eigenvalue weighted by Gasteiger charge is 2.36. The predicted molar refractivity (Wildman–Crippen MR) is 92.8 cm³/mol. The van der Waals surface area contributed by atoms with Gasteiger partial charge in [0.05, 0.1) is 5.56 Å². The van der Waals surface area contributed by atoms with Gasteiger partial charge in [0.1, 0.15) is 5.82 Å². The molecular formula is C19H22F3N3. The van der Waals surface area contributed by atoms with Crippen LogP contribution in [0.25, 0.3) is 0 Å². The molecule has 6 heteroatoms. The summed E-state index contributed by atoms with van der Waals surface area (Å²) < 4.78 is 39.4. The van der Waals surface area contributed by atoms with Crippen molar-refractivity contribution in [2.45, 2.75) is 19.5 Å². The van der Waals surface area contributed by atoms with Gasteiger partial charge in [0.25, 0.3) is 0 Å². The fraction of sp³-hybridized carbons (Fsp3) is 0.421.